The first-order valence-corrected chi connectivity index (χ1v) is 7.42. The number of hydrogen-bond donors (Lipinski definition) is 2. The number of para-hydroxylation sites is 1. The van der Waals surface area contributed by atoms with Crippen LogP contribution in [0, 0.1) is 5.92 Å². The number of fused-ring (bicyclic) bond motifs is 2. The molecule has 2 N–H and O–H groups in total. The highest BCUT2D eigenvalue weighted by Crippen LogP contribution is 2.34. The van der Waals surface area contributed by atoms with Crippen LogP contribution in [-0.2, 0) is 11.2 Å². The molecule has 0 spiro atoms. The molecule has 0 radical (unpaired) electrons. The Kier molecular flexibility index (Phi) is 3.56. The summed E-state index contributed by atoms with van der Waals surface area (Å²) in [6.45, 7) is 2.17. The van der Waals surface area contributed by atoms with E-state index in [9.17, 15) is 4.79 Å². The van der Waals surface area contributed by atoms with Gasteiger partial charge >= 0.3 is 0 Å². The number of benzene rings is 1. The molecular formula is C16H22N2O. The molecule has 1 aromatic carbocycles. The highest BCUT2D eigenvalue weighted by atomic mass is 16.2. The van der Waals surface area contributed by atoms with Crippen LogP contribution in [0.25, 0.3) is 0 Å². The van der Waals surface area contributed by atoms with E-state index in [1.54, 1.807) is 0 Å². The molecule has 19 heavy (non-hydrogen) atoms. The van der Waals surface area contributed by atoms with Crippen LogP contribution in [0.4, 0.5) is 5.69 Å². The fraction of sp³-hybridized carbons (Fsp3) is 0.562. The first kappa shape index (κ1) is 12.7. The van der Waals surface area contributed by atoms with Gasteiger partial charge in [0.05, 0.1) is 5.92 Å². The molecular weight excluding hydrogens is 236 g/mol. The topological polar surface area (TPSA) is 41.1 Å². The van der Waals surface area contributed by atoms with Crippen LogP contribution in [0.15, 0.2) is 24.3 Å². The van der Waals surface area contributed by atoms with E-state index in [0.29, 0.717) is 12.1 Å². The second-order valence-corrected chi connectivity index (χ2v) is 5.79. The average Bonchev–Trinajstić information content (AvgIpc) is 3.03. The zero-order valence-corrected chi connectivity index (χ0v) is 11.5. The SMILES string of the molecule is CCCc1ccccc1NC(=O)C1CC2CCC1N2. The van der Waals surface area contributed by atoms with Gasteiger partial charge in [-0.05, 0) is 37.3 Å². The quantitative estimate of drug-likeness (QED) is 0.872. The van der Waals surface area contributed by atoms with Gasteiger partial charge in [0.25, 0.3) is 0 Å². The van der Waals surface area contributed by atoms with Crippen molar-refractivity contribution in [3.05, 3.63) is 29.8 Å². The minimum atomic E-state index is 0.161. The van der Waals surface area contributed by atoms with E-state index in [2.05, 4.69) is 23.6 Å². The lowest BCUT2D eigenvalue weighted by Crippen LogP contribution is -2.33. The summed E-state index contributed by atoms with van der Waals surface area (Å²) in [5, 5.41) is 6.67. The van der Waals surface area contributed by atoms with Crippen molar-refractivity contribution in [2.45, 2.75) is 51.1 Å². The van der Waals surface area contributed by atoms with Gasteiger partial charge in [-0.3, -0.25) is 4.79 Å². The molecule has 2 bridgehead atoms. The summed E-state index contributed by atoms with van der Waals surface area (Å²) in [4.78, 5) is 12.4. The summed E-state index contributed by atoms with van der Waals surface area (Å²) in [7, 11) is 0. The van der Waals surface area contributed by atoms with Gasteiger partial charge in [0.1, 0.15) is 0 Å². The van der Waals surface area contributed by atoms with E-state index in [1.165, 1.54) is 12.0 Å². The molecule has 102 valence electrons. The van der Waals surface area contributed by atoms with Crippen molar-refractivity contribution >= 4 is 11.6 Å². The van der Waals surface area contributed by atoms with Gasteiger partial charge < -0.3 is 10.6 Å². The number of rotatable bonds is 4. The Morgan fingerprint density at radius 2 is 2.21 bits per heavy atom. The normalized spacial score (nSPS) is 28.6. The molecule has 2 heterocycles. The molecule has 3 rings (SSSR count). The van der Waals surface area contributed by atoms with Gasteiger partial charge in [0.2, 0.25) is 5.91 Å². The van der Waals surface area contributed by atoms with E-state index in [4.69, 9.17) is 0 Å². The zero-order valence-electron chi connectivity index (χ0n) is 11.5. The maximum atomic E-state index is 12.4. The lowest BCUT2D eigenvalue weighted by Gasteiger charge is -2.20. The molecule has 2 saturated heterocycles. The largest absolute Gasteiger partial charge is 0.326 e. The molecule has 1 aromatic rings. The highest BCUT2D eigenvalue weighted by Gasteiger charge is 2.42. The first-order chi connectivity index (χ1) is 9.28. The third kappa shape index (κ3) is 2.52. The van der Waals surface area contributed by atoms with E-state index in [1.807, 2.05) is 18.2 Å². The Balaban J connectivity index is 1.69. The number of amides is 1. The summed E-state index contributed by atoms with van der Waals surface area (Å²) >= 11 is 0. The molecule has 0 saturated carbocycles. The number of nitrogens with one attached hydrogen (secondary N) is 2. The average molecular weight is 258 g/mol. The van der Waals surface area contributed by atoms with Crippen molar-refractivity contribution in [2.24, 2.45) is 5.92 Å². The predicted octanol–water partition coefficient (Wildman–Crippen LogP) is 2.72. The Labute approximate surface area is 114 Å². The maximum absolute atomic E-state index is 12.4. The third-order valence-corrected chi connectivity index (χ3v) is 4.43. The molecule has 3 heteroatoms. The van der Waals surface area contributed by atoms with Crippen LogP contribution in [0.5, 0.6) is 0 Å². The van der Waals surface area contributed by atoms with Gasteiger partial charge in [0.15, 0.2) is 0 Å². The summed E-state index contributed by atoms with van der Waals surface area (Å²) in [5.41, 5.74) is 2.24. The second kappa shape index (κ2) is 5.33. The minimum Gasteiger partial charge on any atom is -0.326 e. The predicted molar refractivity (Wildman–Crippen MR) is 77.1 cm³/mol. The van der Waals surface area contributed by atoms with Crippen molar-refractivity contribution in [2.75, 3.05) is 5.32 Å². The van der Waals surface area contributed by atoms with Crippen LogP contribution in [0.3, 0.4) is 0 Å². The maximum Gasteiger partial charge on any atom is 0.229 e. The molecule has 3 atom stereocenters. The lowest BCUT2D eigenvalue weighted by molar-refractivity contribution is -0.120. The van der Waals surface area contributed by atoms with Crippen LogP contribution in [-0.4, -0.2) is 18.0 Å². The molecule has 2 fully saturated rings. The summed E-state index contributed by atoms with van der Waals surface area (Å²) < 4.78 is 0. The lowest BCUT2D eigenvalue weighted by atomic mass is 9.88. The monoisotopic (exact) mass is 258 g/mol. The van der Waals surface area contributed by atoms with E-state index in [-0.39, 0.29) is 11.8 Å². The Bertz CT molecular complexity index is 472. The van der Waals surface area contributed by atoms with Crippen molar-refractivity contribution in [1.82, 2.24) is 5.32 Å². The first-order valence-electron chi connectivity index (χ1n) is 7.42. The Hall–Kier alpha value is -1.35. The van der Waals surface area contributed by atoms with Gasteiger partial charge in [-0.15, -0.1) is 0 Å². The fourth-order valence-electron chi connectivity index (χ4n) is 3.47. The van der Waals surface area contributed by atoms with Crippen LogP contribution < -0.4 is 10.6 Å². The van der Waals surface area contributed by atoms with Gasteiger partial charge in [-0.25, -0.2) is 0 Å². The molecule has 3 nitrogen and oxygen atoms in total. The summed E-state index contributed by atoms with van der Waals surface area (Å²) in [5.74, 6) is 0.358. The minimum absolute atomic E-state index is 0.161. The van der Waals surface area contributed by atoms with E-state index >= 15 is 0 Å². The number of anilines is 1. The number of carbonyl (C=O) groups is 1. The van der Waals surface area contributed by atoms with E-state index in [0.717, 1.165) is 31.4 Å². The summed E-state index contributed by atoms with van der Waals surface area (Å²) in [6.07, 6.45) is 5.51. The van der Waals surface area contributed by atoms with Crippen LogP contribution in [0.2, 0.25) is 0 Å². The number of aryl methyl sites for hydroxylation is 1. The van der Waals surface area contributed by atoms with Crippen LogP contribution in [0.1, 0.15) is 38.2 Å². The molecule has 2 aliphatic rings. The van der Waals surface area contributed by atoms with Crippen molar-refractivity contribution in [3.8, 4) is 0 Å². The van der Waals surface area contributed by atoms with Gasteiger partial charge in [-0.2, -0.15) is 0 Å². The van der Waals surface area contributed by atoms with Gasteiger partial charge in [0, 0.05) is 17.8 Å². The van der Waals surface area contributed by atoms with Crippen LogP contribution >= 0.6 is 0 Å². The smallest absolute Gasteiger partial charge is 0.229 e. The zero-order chi connectivity index (χ0) is 13.2. The molecule has 0 aliphatic carbocycles. The van der Waals surface area contributed by atoms with Crippen molar-refractivity contribution in [1.29, 1.82) is 0 Å². The van der Waals surface area contributed by atoms with Gasteiger partial charge in [-0.1, -0.05) is 31.5 Å². The standard InChI is InChI=1S/C16H22N2O/c1-2-5-11-6-3-4-7-14(11)18-16(19)13-10-12-8-9-15(13)17-12/h3-4,6-7,12-13,15,17H,2,5,8-10H2,1H3,(H,18,19). The Morgan fingerprint density at radius 3 is 2.89 bits per heavy atom. The van der Waals surface area contributed by atoms with E-state index < -0.39 is 0 Å². The molecule has 2 aliphatic heterocycles. The number of carbonyl (C=O) groups excluding carboxylic acids is 1. The van der Waals surface area contributed by atoms with Crippen molar-refractivity contribution in [3.63, 3.8) is 0 Å². The van der Waals surface area contributed by atoms with Crippen molar-refractivity contribution < 1.29 is 4.79 Å². The fourth-order valence-corrected chi connectivity index (χ4v) is 3.47. The Morgan fingerprint density at radius 1 is 1.37 bits per heavy atom. The molecule has 1 amide bonds. The molecule has 0 aromatic heterocycles. The third-order valence-electron chi connectivity index (χ3n) is 4.43. The number of hydrogen-bond acceptors (Lipinski definition) is 2. The summed E-state index contributed by atoms with van der Waals surface area (Å²) in [6, 6.07) is 9.14. The second-order valence-electron chi connectivity index (χ2n) is 5.79. The highest BCUT2D eigenvalue weighted by molar-refractivity contribution is 5.94. The molecule has 3 unspecified atom stereocenters.